The predicted octanol–water partition coefficient (Wildman–Crippen LogP) is 2.31. The molecule has 1 atom stereocenters. The molecule has 0 bridgehead atoms. The van der Waals surface area contributed by atoms with Crippen LogP contribution < -0.4 is 10.1 Å². The summed E-state index contributed by atoms with van der Waals surface area (Å²) in [5.41, 5.74) is 1.10. The number of nitrogens with zero attached hydrogens (tertiary/aromatic N) is 2. The molecule has 0 aromatic carbocycles. The first-order valence-corrected chi connectivity index (χ1v) is 7.10. The van der Waals surface area contributed by atoms with Gasteiger partial charge in [-0.3, -0.25) is 4.99 Å². The van der Waals surface area contributed by atoms with Gasteiger partial charge in [0.15, 0.2) is 5.17 Å². The average Bonchev–Trinajstić information content (AvgIpc) is 2.86. The van der Waals surface area contributed by atoms with E-state index < -0.39 is 0 Å². The number of pyridine rings is 1. The monoisotopic (exact) mass is 265 g/mol. The molecule has 1 saturated heterocycles. The summed E-state index contributed by atoms with van der Waals surface area (Å²) in [6, 6.07) is 4.40. The minimum atomic E-state index is 0.544. The van der Waals surface area contributed by atoms with E-state index in [0.717, 1.165) is 16.5 Å². The summed E-state index contributed by atoms with van der Waals surface area (Å²) >= 11 is 1.80. The van der Waals surface area contributed by atoms with Crippen molar-refractivity contribution in [3.05, 3.63) is 23.9 Å². The molecule has 5 heteroatoms. The first-order chi connectivity index (χ1) is 8.69. The van der Waals surface area contributed by atoms with E-state index in [2.05, 4.69) is 29.1 Å². The van der Waals surface area contributed by atoms with Crippen LogP contribution >= 0.6 is 11.8 Å². The van der Waals surface area contributed by atoms with Crippen LogP contribution in [-0.2, 0) is 6.54 Å². The van der Waals surface area contributed by atoms with Crippen LogP contribution in [0.1, 0.15) is 19.4 Å². The summed E-state index contributed by atoms with van der Waals surface area (Å²) in [7, 11) is 1.62. The highest BCUT2D eigenvalue weighted by molar-refractivity contribution is 8.14. The van der Waals surface area contributed by atoms with Crippen LogP contribution in [0.3, 0.4) is 0 Å². The fourth-order valence-electron chi connectivity index (χ4n) is 1.65. The van der Waals surface area contributed by atoms with E-state index >= 15 is 0 Å². The molecule has 0 radical (unpaired) electrons. The number of hydrogen-bond donors (Lipinski definition) is 1. The standard InChI is InChI=1S/C13H19N3OS/c1-9(2)11-8-18-13(16-11)15-7-10-4-5-12(17-3)14-6-10/h4-6,9,11H,7-8H2,1-3H3,(H,15,16)/t11-/m1/s1. The third kappa shape index (κ3) is 3.38. The van der Waals surface area contributed by atoms with Crippen molar-refractivity contribution < 1.29 is 4.74 Å². The van der Waals surface area contributed by atoms with Gasteiger partial charge in [-0.05, 0) is 11.5 Å². The molecule has 18 heavy (non-hydrogen) atoms. The van der Waals surface area contributed by atoms with Gasteiger partial charge in [0, 0.05) is 24.1 Å². The van der Waals surface area contributed by atoms with E-state index in [0.29, 0.717) is 24.4 Å². The lowest BCUT2D eigenvalue weighted by Gasteiger charge is -2.13. The van der Waals surface area contributed by atoms with Crippen molar-refractivity contribution in [1.29, 1.82) is 0 Å². The van der Waals surface area contributed by atoms with Crippen molar-refractivity contribution in [2.24, 2.45) is 10.9 Å². The minimum absolute atomic E-state index is 0.544. The predicted molar refractivity (Wildman–Crippen MR) is 76.1 cm³/mol. The molecule has 2 heterocycles. The third-order valence-corrected chi connectivity index (χ3v) is 3.97. The molecule has 1 fully saturated rings. The number of methoxy groups -OCH3 is 1. The Balaban J connectivity index is 1.90. The first kappa shape index (κ1) is 13.2. The maximum absolute atomic E-state index is 5.02. The molecule has 98 valence electrons. The van der Waals surface area contributed by atoms with Gasteiger partial charge < -0.3 is 10.1 Å². The van der Waals surface area contributed by atoms with E-state index in [1.807, 2.05) is 18.3 Å². The molecule has 0 unspecified atom stereocenters. The molecule has 0 spiro atoms. The van der Waals surface area contributed by atoms with Crippen LogP contribution in [0.15, 0.2) is 23.3 Å². The molecule has 0 amide bonds. The Morgan fingerprint density at radius 2 is 2.39 bits per heavy atom. The molecule has 1 aromatic heterocycles. The number of hydrogen-bond acceptors (Lipinski definition) is 4. The summed E-state index contributed by atoms with van der Waals surface area (Å²) in [5.74, 6) is 2.39. The van der Waals surface area contributed by atoms with E-state index in [-0.39, 0.29) is 0 Å². The molecule has 1 aromatic rings. The molecule has 2 rings (SSSR count). The maximum atomic E-state index is 5.02. The summed E-state index contributed by atoms with van der Waals surface area (Å²) < 4.78 is 5.02. The van der Waals surface area contributed by atoms with Gasteiger partial charge in [0.2, 0.25) is 5.88 Å². The van der Waals surface area contributed by atoms with E-state index in [4.69, 9.17) is 4.74 Å². The number of aromatic nitrogens is 1. The molecular formula is C13H19N3OS. The zero-order valence-electron chi connectivity index (χ0n) is 11.0. The lowest BCUT2D eigenvalue weighted by molar-refractivity contribution is 0.397. The lowest BCUT2D eigenvalue weighted by Crippen LogP contribution is -2.31. The van der Waals surface area contributed by atoms with E-state index in [1.54, 1.807) is 18.9 Å². The highest BCUT2D eigenvalue weighted by Crippen LogP contribution is 2.19. The SMILES string of the molecule is COc1ccc(CN=C2N[C@@H](C(C)C)CS2)cn1. The van der Waals surface area contributed by atoms with Crippen molar-refractivity contribution in [1.82, 2.24) is 10.3 Å². The van der Waals surface area contributed by atoms with Gasteiger partial charge in [0.25, 0.3) is 0 Å². The van der Waals surface area contributed by atoms with Crippen molar-refractivity contribution >= 4 is 16.9 Å². The van der Waals surface area contributed by atoms with Crippen LogP contribution in [0.5, 0.6) is 5.88 Å². The summed E-state index contributed by atoms with van der Waals surface area (Å²) in [6.45, 7) is 5.13. The minimum Gasteiger partial charge on any atom is -0.481 e. The topological polar surface area (TPSA) is 46.5 Å². The smallest absolute Gasteiger partial charge is 0.212 e. The Labute approximate surface area is 112 Å². The van der Waals surface area contributed by atoms with E-state index in [9.17, 15) is 0 Å². The molecule has 4 nitrogen and oxygen atoms in total. The van der Waals surface area contributed by atoms with E-state index in [1.165, 1.54) is 0 Å². The number of ether oxygens (including phenoxy) is 1. The second kappa shape index (κ2) is 6.09. The van der Waals surface area contributed by atoms with Crippen molar-refractivity contribution in [3.63, 3.8) is 0 Å². The van der Waals surface area contributed by atoms with Gasteiger partial charge in [0.05, 0.1) is 13.7 Å². The summed E-state index contributed by atoms with van der Waals surface area (Å²) in [6.07, 6.45) is 1.81. The molecule has 1 aliphatic heterocycles. The second-order valence-corrected chi connectivity index (χ2v) is 5.64. The van der Waals surface area contributed by atoms with Crippen LogP contribution in [0.25, 0.3) is 0 Å². The Kier molecular flexibility index (Phi) is 4.47. The first-order valence-electron chi connectivity index (χ1n) is 6.11. The number of nitrogens with one attached hydrogen (secondary N) is 1. The van der Waals surface area contributed by atoms with Crippen LogP contribution in [0, 0.1) is 5.92 Å². The molecule has 1 aliphatic rings. The molecule has 0 saturated carbocycles. The fraction of sp³-hybridized carbons (Fsp3) is 0.538. The molecule has 1 N–H and O–H groups in total. The zero-order chi connectivity index (χ0) is 13.0. The Morgan fingerprint density at radius 3 is 2.94 bits per heavy atom. The highest BCUT2D eigenvalue weighted by Gasteiger charge is 2.22. The normalized spacial score (nSPS) is 21.3. The van der Waals surface area contributed by atoms with Gasteiger partial charge in [-0.15, -0.1) is 0 Å². The van der Waals surface area contributed by atoms with Gasteiger partial charge in [-0.1, -0.05) is 31.7 Å². The van der Waals surface area contributed by atoms with Gasteiger partial charge in [-0.2, -0.15) is 0 Å². The fourth-order valence-corrected chi connectivity index (χ4v) is 2.85. The van der Waals surface area contributed by atoms with Crippen molar-refractivity contribution in [3.8, 4) is 5.88 Å². The van der Waals surface area contributed by atoms with Crippen LogP contribution in [-0.4, -0.2) is 29.1 Å². The highest BCUT2D eigenvalue weighted by atomic mass is 32.2. The quantitative estimate of drug-likeness (QED) is 0.907. The number of thioether (sulfide) groups is 1. The van der Waals surface area contributed by atoms with Gasteiger partial charge in [0.1, 0.15) is 0 Å². The number of amidine groups is 1. The van der Waals surface area contributed by atoms with Gasteiger partial charge >= 0.3 is 0 Å². The lowest BCUT2D eigenvalue weighted by atomic mass is 10.1. The maximum Gasteiger partial charge on any atom is 0.212 e. The zero-order valence-corrected chi connectivity index (χ0v) is 11.8. The summed E-state index contributed by atoms with van der Waals surface area (Å²) in [4.78, 5) is 8.74. The number of aliphatic imine (C=N–C) groups is 1. The Bertz CT molecular complexity index is 417. The second-order valence-electron chi connectivity index (χ2n) is 4.64. The van der Waals surface area contributed by atoms with Crippen molar-refractivity contribution in [2.75, 3.05) is 12.9 Å². The average molecular weight is 265 g/mol. The van der Waals surface area contributed by atoms with Crippen molar-refractivity contribution in [2.45, 2.75) is 26.4 Å². The number of rotatable bonds is 4. The molecular weight excluding hydrogens is 246 g/mol. The Morgan fingerprint density at radius 1 is 1.56 bits per heavy atom. The summed E-state index contributed by atoms with van der Waals surface area (Å²) in [5, 5.41) is 4.50. The van der Waals surface area contributed by atoms with Crippen LogP contribution in [0.2, 0.25) is 0 Å². The Hall–Kier alpha value is -1.23. The third-order valence-electron chi connectivity index (χ3n) is 2.93. The van der Waals surface area contributed by atoms with Gasteiger partial charge in [-0.25, -0.2) is 4.98 Å². The molecule has 0 aliphatic carbocycles. The largest absolute Gasteiger partial charge is 0.481 e. The van der Waals surface area contributed by atoms with Crippen LogP contribution in [0.4, 0.5) is 0 Å².